The summed E-state index contributed by atoms with van der Waals surface area (Å²) in [7, 11) is 1.35. The first-order valence-electron chi connectivity index (χ1n) is 7.94. The van der Waals surface area contributed by atoms with Crippen LogP contribution in [0.15, 0.2) is 23.2 Å². The number of hydrogen-bond acceptors (Lipinski definition) is 7. The van der Waals surface area contributed by atoms with E-state index in [1.165, 1.54) is 37.1 Å². The lowest BCUT2D eigenvalue weighted by Crippen LogP contribution is -2.28. The number of carbonyl (C=O) groups is 2. The van der Waals surface area contributed by atoms with Crippen molar-refractivity contribution in [2.24, 2.45) is 10.9 Å². The third kappa shape index (κ3) is 5.19. The number of methoxy groups -OCH3 is 1. The number of amides is 2. The highest BCUT2D eigenvalue weighted by atomic mass is 32.2. The van der Waals surface area contributed by atoms with Gasteiger partial charge in [-0.2, -0.15) is 0 Å². The van der Waals surface area contributed by atoms with Crippen LogP contribution in [0, 0.1) is 16.0 Å². The van der Waals surface area contributed by atoms with Gasteiger partial charge in [0, 0.05) is 19.0 Å². The highest BCUT2D eigenvalue weighted by Gasteiger charge is 2.32. The number of nitrogens with zero attached hydrogens (tertiary/aromatic N) is 2. The second-order valence-corrected chi connectivity index (χ2v) is 7.22. The van der Waals surface area contributed by atoms with Crippen molar-refractivity contribution >= 4 is 40.1 Å². The van der Waals surface area contributed by atoms with Gasteiger partial charge >= 0.3 is 0 Å². The van der Waals surface area contributed by atoms with E-state index < -0.39 is 16.1 Å². The second-order valence-electron chi connectivity index (χ2n) is 6.03. The molecule has 1 aliphatic heterocycles. The standard InChI is InChI=1S/C16H20N4O5S/c1-9(2)8-17-16-19-15(22)13(26-16)7-14(21)18-11-5-4-10(20(23)24)6-12(11)25-3/h4-6,9,13H,7-8H2,1-3H3,(H,18,21)(H,17,19,22). The van der Waals surface area contributed by atoms with Crippen LogP contribution in [0.25, 0.3) is 0 Å². The van der Waals surface area contributed by atoms with Gasteiger partial charge in [0.15, 0.2) is 5.17 Å². The van der Waals surface area contributed by atoms with Gasteiger partial charge in [-0.1, -0.05) is 25.6 Å². The largest absolute Gasteiger partial charge is 0.494 e. The Morgan fingerprint density at radius 2 is 2.23 bits per heavy atom. The van der Waals surface area contributed by atoms with Gasteiger partial charge in [0.05, 0.1) is 23.8 Å². The maximum atomic E-state index is 12.2. The van der Waals surface area contributed by atoms with Crippen molar-refractivity contribution in [3.63, 3.8) is 0 Å². The van der Waals surface area contributed by atoms with Crippen LogP contribution in [-0.2, 0) is 9.59 Å². The molecule has 2 rings (SSSR count). The van der Waals surface area contributed by atoms with Gasteiger partial charge in [0.25, 0.3) is 5.69 Å². The van der Waals surface area contributed by atoms with Crippen LogP contribution < -0.4 is 15.4 Å². The number of anilines is 1. The molecule has 1 atom stereocenters. The van der Waals surface area contributed by atoms with Gasteiger partial charge in [-0.05, 0) is 12.0 Å². The van der Waals surface area contributed by atoms with E-state index in [1.54, 1.807) is 0 Å². The predicted molar refractivity (Wildman–Crippen MR) is 99.6 cm³/mol. The summed E-state index contributed by atoms with van der Waals surface area (Å²) in [5, 5.41) is 16.0. The maximum Gasteiger partial charge on any atom is 0.273 e. The SMILES string of the molecule is COc1cc([N+](=O)[O-])ccc1NC(=O)CC1SC(=NCC(C)C)NC1=O. The Morgan fingerprint density at radius 3 is 2.85 bits per heavy atom. The number of carbonyl (C=O) groups excluding carboxylic acids is 2. The number of non-ortho nitro benzene ring substituents is 1. The zero-order chi connectivity index (χ0) is 19.3. The van der Waals surface area contributed by atoms with Crippen LogP contribution >= 0.6 is 11.8 Å². The molecule has 1 aromatic rings. The molecule has 1 fully saturated rings. The lowest BCUT2D eigenvalue weighted by molar-refractivity contribution is -0.384. The molecule has 0 radical (unpaired) electrons. The van der Waals surface area contributed by atoms with E-state index in [2.05, 4.69) is 15.6 Å². The van der Waals surface area contributed by atoms with E-state index in [4.69, 9.17) is 4.74 Å². The zero-order valence-electron chi connectivity index (χ0n) is 14.6. The molecule has 1 saturated heterocycles. The number of nitro benzene ring substituents is 1. The summed E-state index contributed by atoms with van der Waals surface area (Å²) in [6.45, 7) is 4.64. The number of amidine groups is 1. The Hall–Kier alpha value is -2.62. The summed E-state index contributed by atoms with van der Waals surface area (Å²) < 4.78 is 5.08. The second kappa shape index (κ2) is 8.65. The van der Waals surface area contributed by atoms with Gasteiger partial charge in [0.1, 0.15) is 11.0 Å². The fourth-order valence-electron chi connectivity index (χ4n) is 2.15. The molecule has 0 saturated carbocycles. The first kappa shape index (κ1) is 19.7. The summed E-state index contributed by atoms with van der Waals surface area (Å²) >= 11 is 1.22. The van der Waals surface area contributed by atoms with Crippen molar-refractivity contribution < 1.29 is 19.2 Å². The van der Waals surface area contributed by atoms with Crippen LogP contribution in [0.1, 0.15) is 20.3 Å². The average Bonchev–Trinajstić information content (AvgIpc) is 2.92. The summed E-state index contributed by atoms with van der Waals surface area (Å²) in [6.07, 6.45) is -0.0443. The smallest absolute Gasteiger partial charge is 0.273 e. The molecule has 10 heteroatoms. The van der Waals surface area contributed by atoms with Gasteiger partial charge in [0.2, 0.25) is 11.8 Å². The van der Waals surface area contributed by atoms with Gasteiger partial charge in [-0.3, -0.25) is 24.7 Å². The molecule has 1 aromatic carbocycles. The minimum atomic E-state index is -0.565. The van der Waals surface area contributed by atoms with Crippen LogP contribution in [0.2, 0.25) is 0 Å². The highest BCUT2D eigenvalue weighted by Crippen LogP contribution is 2.30. The lowest BCUT2D eigenvalue weighted by Gasteiger charge is -2.11. The lowest BCUT2D eigenvalue weighted by atomic mass is 10.2. The molecular formula is C16H20N4O5S. The Balaban J connectivity index is 2.00. The Morgan fingerprint density at radius 1 is 1.50 bits per heavy atom. The average molecular weight is 380 g/mol. The van der Waals surface area contributed by atoms with E-state index in [1.807, 2.05) is 13.8 Å². The Labute approximate surface area is 154 Å². The van der Waals surface area contributed by atoms with E-state index in [0.717, 1.165) is 0 Å². The van der Waals surface area contributed by atoms with Crippen LogP contribution in [0.4, 0.5) is 11.4 Å². The molecule has 1 heterocycles. The number of hydrogen-bond donors (Lipinski definition) is 2. The molecule has 0 bridgehead atoms. The fraction of sp³-hybridized carbons (Fsp3) is 0.438. The highest BCUT2D eigenvalue weighted by molar-refractivity contribution is 8.15. The van der Waals surface area contributed by atoms with Crippen molar-refractivity contribution in [1.82, 2.24) is 5.32 Å². The fourth-order valence-corrected chi connectivity index (χ4v) is 3.13. The third-order valence-electron chi connectivity index (χ3n) is 3.42. The molecule has 140 valence electrons. The van der Waals surface area contributed by atoms with Crippen LogP contribution in [-0.4, -0.2) is 40.8 Å². The number of ether oxygens (including phenoxy) is 1. The molecule has 26 heavy (non-hydrogen) atoms. The molecule has 1 unspecified atom stereocenters. The first-order chi connectivity index (χ1) is 12.3. The maximum absolute atomic E-state index is 12.2. The Bertz CT molecular complexity index is 750. The summed E-state index contributed by atoms with van der Waals surface area (Å²) in [5.41, 5.74) is 0.164. The molecule has 0 aliphatic carbocycles. The normalized spacial score (nSPS) is 18.1. The number of benzene rings is 1. The predicted octanol–water partition coefficient (Wildman–Crippen LogP) is 2.18. The Kier molecular flexibility index (Phi) is 6.56. The van der Waals surface area contributed by atoms with E-state index in [-0.39, 0.29) is 23.8 Å². The third-order valence-corrected chi connectivity index (χ3v) is 4.54. The van der Waals surface area contributed by atoms with Crippen LogP contribution in [0.3, 0.4) is 0 Å². The van der Waals surface area contributed by atoms with Crippen LogP contribution in [0.5, 0.6) is 5.75 Å². The number of nitro groups is 1. The van der Waals surface area contributed by atoms with Crippen molar-refractivity contribution in [2.45, 2.75) is 25.5 Å². The number of rotatable bonds is 7. The monoisotopic (exact) mass is 380 g/mol. The summed E-state index contributed by atoms with van der Waals surface area (Å²) in [5.74, 6) is -0.106. The van der Waals surface area contributed by atoms with Crippen molar-refractivity contribution in [1.29, 1.82) is 0 Å². The number of aliphatic imine (C=N–C) groups is 1. The zero-order valence-corrected chi connectivity index (χ0v) is 15.5. The van der Waals surface area contributed by atoms with Gasteiger partial charge < -0.3 is 15.4 Å². The molecule has 0 spiro atoms. The van der Waals surface area contributed by atoms with Gasteiger partial charge in [-0.25, -0.2) is 0 Å². The molecule has 2 N–H and O–H groups in total. The number of nitrogens with one attached hydrogen (secondary N) is 2. The summed E-state index contributed by atoms with van der Waals surface area (Å²) in [4.78, 5) is 38.8. The topological polar surface area (TPSA) is 123 Å². The van der Waals surface area contributed by atoms with E-state index >= 15 is 0 Å². The summed E-state index contributed by atoms with van der Waals surface area (Å²) in [6, 6.07) is 3.89. The van der Waals surface area contributed by atoms with E-state index in [9.17, 15) is 19.7 Å². The molecule has 0 aromatic heterocycles. The molecule has 2 amide bonds. The van der Waals surface area contributed by atoms with Crippen molar-refractivity contribution in [3.05, 3.63) is 28.3 Å². The van der Waals surface area contributed by atoms with Crippen molar-refractivity contribution in [3.8, 4) is 5.75 Å². The molecular weight excluding hydrogens is 360 g/mol. The molecule has 9 nitrogen and oxygen atoms in total. The molecule has 1 aliphatic rings. The minimum Gasteiger partial charge on any atom is -0.494 e. The van der Waals surface area contributed by atoms with E-state index in [0.29, 0.717) is 23.3 Å². The van der Waals surface area contributed by atoms with Gasteiger partial charge in [-0.15, -0.1) is 0 Å². The quantitative estimate of drug-likeness (QED) is 0.552. The van der Waals surface area contributed by atoms with Crippen molar-refractivity contribution in [2.75, 3.05) is 19.0 Å². The first-order valence-corrected chi connectivity index (χ1v) is 8.82. The number of thioether (sulfide) groups is 1. The minimum absolute atomic E-state index is 0.0443.